The summed E-state index contributed by atoms with van der Waals surface area (Å²) in [7, 11) is 0. The number of aromatic nitrogens is 1. The highest BCUT2D eigenvalue weighted by atomic mass is 32.1. The zero-order valence-electron chi connectivity index (χ0n) is 16.9. The van der Waals surface area contributed by atoms with E-state index in [2.05, 4.69) is 10.3 Å². The van der Waals surface area contributed by atoms with Crippen molar-refractivity contribution in [1.29, 1.82) is 0 Å². The van der Waals surface area contributed by atoms with Crippen LogP contribution >= 0.6 is 11.3 Å². The minimum atomic E-state index is -4.36. The van der Waals surface area contributed by atoms with Crippen LogP contribution in [0, 0.1) is 6.92 Å². The van der Waals surface area contributed by atoms with E-state index in [9.17, 15) is 22.8 Å². The highest BCUT2D eigenvalue weighted by Gasteiger charge is 2.50. The number of aryl methyl sites for hydroxylation is 1. The average molecular weight is 443 g/mol. The smallest absolute Gasteiger partial charge is 0.368 e. The topological polar surface area (TPSA) is 91.6 Å². The number of halogens is 3. The molecule has 3 amide bonds. The van der Waals surface area contributed by atoms with E-state index in [0.29, 0.717) is 30.2 Å². The minimum Gasteiger partial charge on any atom is -0.368 e. The summed E-state index contributed by atoms with van der Waals surface area (Å²) in [5.41, 5.74) is 4.77. The molecule has 0 spiro atoms. The van der Waals surface area contributed by atoms with Gasteiger partial charge in [0.1, 0.15) is 11.6 Å². The number of nitrogens with two attached hydrogens (primary N) is 1. The normalized spacial score (nSPS) is 19.8. The van der Waals surface area contributed by atoms with E-state index in [-0.39, 0.29) is 6.54 Å². The molecule has 2 aliphatic rings. The molecular formula is C19H24F3N5O2S. The molecule has 3 rings (SSSR count). The molecule has 0 unspecified atom stereocenters. The Morgan fingerprint density at radius 1 is 1.33 bits per heavy atom. The number of carbonyl (C=O) groups is 2. The van der Waals surface area contributed by atoms with Gasteiger partial charge >= 0.3 is 12.2 Å². The van der Waals surface area contributed by atoms with E-state index in [4.69, 9.17) is 5.73 Å². The number of amides is 3. The number of nitrogens with zero attached hydrogens (tertiary/aromatic N) is 3. The molecule has 3 heterocycles. The van der Waals surface area contributed by atoms with Crippen LogP contribution in [0.3, 0.4) is 0 Å². The second-order valence-corrected chi connectivity index (χ2v) is 8.80. The Morgan fingerprint density at radius 3 is 2.60 bits per heavy atom. The monoisotopic (exact) mass is 443 g/mol. The number of hydrogen-bond acceptors (Lipinski definition) is 5. The number of primary amides is 1. The third kappa shape index (κ3) is 4.16. The maximum Gasteiger partial charge on any atom is 0.411 e. The number of likely N-dealkylation sites (tertiary alicyclic amines) is 1. The lowest BCUT2D eigenvalue weighted by atomic mass is 10.00. The summed E-state index contributed by atoms with van der Waals surface area (Å²) in [6, 6.07) is -1.07. The van der Waals surface area contributed by atoms with Gasteiger partial charge in [0, 0.05) is 19.3 Å². The van der Waals surface area contributed by atoms with Gasteiger partial charge in [-0.2, -0.15) is 13.2 Å². The van der Waals surface area contributed by atoms with E-state index in [1.807, 2.05) is 0 Å². The number of hydrogen-bond donors (Lipinski definition) is 2. The molecule has 11 heteroatoms. The first kappa shape index (κ1) is 22.1. The van der Waals surface area contributed by atoms with Gasteiger partial charge in [-0.05, 0) is 45.3 Å². The van der Waals surface area contributed by atoms with Crippen LogP contribution < -0.4 is 11.1 Å². The summed E-state index contributed by atoms with van der Waals surface area (Å²) < 4.78 is 39.8. The molecule has 30 heavy (non-hydrogen) atoms. The van der Waals surface area contributed by atoms with Gasteiger partial charge in [0.05, 0.1) is 10.6 Å². The summed E-state index contributed by atoms with van der Waals surface area (Å²) in [5.74, 6) is -0.539. The molecule has 0 saturated carbocycles. The number of nitrogens with one attached hydrogen (secondary N) is 1. The molecule has 3 N–H and O–H groups in total. The fraction of sp³-hybridized carbons (Fsp3) is 0.526. The Bertz CT molecular complexity index is 906. The Balaban J connectivity index is 1.71. The summed E-state index contributed by atoms with van der Waals surface area (Å²) in [4.78, 5) is 31.7. The van der Waals surface area contributed by atoms with E-state index in [1.165, 1.54) is 27.3 Å². The fourth-order valence-electron chi connectivity index (χ4n) is 3.43. The van der Waals surface area contributed by atoms with Crippen molar-refractivity contribution in [3.8, 4) is 0 Å². The molecule has 1 fully saturated rings. The van der Waals surface area contributed by atoms with Crippen LogP contribution in [0.5, 0.6) is 0 Å². The first-order valence-corrected chi connectivity index (χ1v) is 10.3. The van der Waals surface area contributed by atoms with Crippen LogP contribution in [0.15, 0.2) is 18.4 Å². The van der Waals surface area contributed by atoms with Crippen LogP contribution in [0.1, 0.15) is 37.3 Å². The van der Waals surface area contributed by atoms with E-state index in [0.717, 1.165) is 24.3 Å². The summed E-state index contributed by atoms with van der Waals surface area (Å²) in [6.45, 7) is 4.59. The Hall–Kier alpha value is -2.56. The van der Waals surface area contributed by atoms with Gasteiger partial charge in [-0.3, -0.25) is 10.1 Å². The van der Waals surface area contributed by atoms with Crippen molar-refractivity contribution >= 4 is 34.0 Å². The molecule has 0 radical (unpaired) electrons. The molecule has 1 aromatic rings. The molecule has 1 saturated heterocycles. The second kappa shape index (κ2) is 7.93. The molecule has 0 aromatic carbocycles. The van der Waals surface area contributed by atoms with E-state index in [1.54, 1.807) is 19.1 Å². The second-order valence-electron chi connectivity index (χ2n) is 7.80. The van der Waals surface area contributed by atoms with Gasteiger partial charge in [0.15, 0.2) is 5.13 Å². The number of thiazole rings is 1. The van der Waals surface area contributed by atoms with Crippen molar-refractivity contribution in [2.75, 3.05) is 18.4 Å². The first-order chi connectivity index (χ1) is 13.9. The molecular weight excluding hydrogens is 419 g/mol. The molecule has 1 atom stereocenters. The third-order valence-electron chi connectivity index (χ3n) is 5.47. The van der Waals surface area contributed by atoms with Crippen LogP contribution in [0.4, 0.5) is 23.1 Å². The molecule has 0 aliphatic carbocycles. The predicted molar refractivity (Wildman–Crippen MR) is 109 cm³/mol. The predicted octanol–water partition coefficient (Wildman–Crippen LogP) is 3.49. The first-order valence-electron chi connectivity index (χ1n) is 9.48. The van der Waals surface area contributed by atoms with Crippen molar-refractivity contribution in [1.82, 2.24) is 14.8 Å². The lowest BCUT2D eigenvalue weighted by molar-refractivity contribution is -0.211. The zero-order valence-corrected chi connectivity index (χ0v) is 17.7. The van der Waals surface area contributed by atoms with Gasteiger partial charge in [0.2, 0.25) is 5.91 Å². The third-order valence-corrected chi connectivity index (χ3v) is 6.59. The summed E-state index contributed by atoms with van der Waals surface area (Å²) >= 11 is 1.23. The number of anilines is 1. The Labute approximate surface area is 176 Å². The van der Waals surface area contributed by atoms with Crippen LogP contribution in [-0.2, 0) is 4.79 Å². The SMILES string of the molecule is Cc1nc(NC(=O)N2CCC[C@H]2C(N)=O)sc1C1=CCN(C(C)(C)C(F)(F)F)C=C1. The van der Waals surface area contributed by atoms with Crippen molar-refractivity contribution in [3.05, 3.63) is 28.9 Å². The number of urea groups is 1. The molecule has 164 valence electrons. The van der Waals surface area contributed by atoms with Crippen molar-refractivity contribution in [2.24, 2.45) is 5.73 Å². The molecule has 0 bridgehead atoms. The summed E-state index contributed by atoms with van der Waals surface area (Å²) in [6.07, 6.45) is 1.63. The lowest BCUT2D eigenvalue weighted by Gasteiger charge is -2.39. The molecule has 2 aliphatic heterocycles. The van der Waals surface area contributed by atoms with Crippen molar-refractivity contribution in [2.45, 2.75) is 51.4 Å². The number of allylic oxidation sites excluding steroid dienone is 2. The lowest BCUT2D eigenvalue weighted by Crippen LogP contribution is -2.52. The highest BCUT2D eigenvalue weighted by Crippen LogP contribution is 2.38. The maximum atomic E-state index is 13.3. The Morgan fingerprint density at radius 2 is 2.03 bits per heavy atom. The van der Waals surface area contributed by atoms with Crippen molar-refractivity contribution < 1.29 is 22.8 Å². The average Bonchev–Trinajstić information content (AvgIpc) is 3.28. The van der Waals surface area contributed by atoms with Crippen LogP contribution in [0.25, 0.3) is 5.57 Å². The van der Waals surface area contributed by atoms with Gasteiger partial charge < -0.3 is 15.5 Å². The zero-order chi connectivity index (χ0) is 22.3. The van der Waals surface area contributed by atoms with Crippen LogP contribution in [-0.4, -0.2) is 57.6 Å². The van der Waals surface area contributed by atoms with E-state index >= 15 is 0 Å². The maximum absolute atomic E-state index is 13.3. The Kier molecular flexibility index (Phi) is 5.85. The molecule has 7 nitrogen and oxygen atoms in total. The number of carbonyl (C=O) groups excluding carboxylic acids is 2. The van der Waals surface area contributed by atoms with Crippen molar-refractivity contribution in [3.63, 3.8) is 0 Å². The standard InChI is InChI=1S/C19H24F3N5O2S/c1-11-14(12-6-9-26(10-7-12)18(2,3)19(20,21)22)30-16(24-11)25-17(29)27-8-4-5-13(27)15(23)28/h6-7,9,13H,4-5,8,10H2,1-3H3,(H2,23,28)(H,24,25,29)/t13-/m0/s1. The van der Waals surface area contributed by atoms with Gasteiger partial charge in [-0.25, -0.2) is 9.78 Å². The van der Waals surface area contributed by atoms with Gasteiger partial charge in [-0.15, -0.1) is 0 Å². The number of alkyl halides is 3. The minimum absolute atomic E-state index is 0.103. The quantitative estimate of drug-likeness (QED) is 0.745. The van der Waals surface area contributed by atoms with Crippen LogP contribution in [0.2, 0.25) is 0 Å². The van der Waals surface area contributed by atoms with Gasteiger partial charge in [-0.1, -0.05) is 17.4 Å². The number of rotatable bonds is 4. The van der Waals surface area contributed by atoms with Gasteiger partial charge in [0.25, 0.3) is 0 Å². The fourth-order valence-corrected chi connectivity index (χ4v) is 4.41. The largest absolute Gasteiger partial charge is 0.411 e. The summed E-state index contributed by atoms with van der Waals surface area (Å²) in [5, 5.41) is 3.05. The highest BCUT2D eigenvalue weighted by molar-refractivity contribution is 7.17. The molecule has 1 aromatic heterocycles. The van der Waals surface area contributed by atoms with E-state index < -0.39 is 29.7 Å².